The van der Waals surface area contributed by atoms with Crippen LogP contribution in [0.3, 0.4) is 0 Å². The Labute approximate surface area is 213 Å². The third-order valence-corrected chi connectivity index (χ3v) is 6.59. The maximum Gasteiger partial charge on any atom is 0.263 e. The molecule has 2 aromatic heterocycles. The number of aromatic nitrogens is 2. The van der Waals surface area contributed by atoms with Crippen molar-refractivity contribution in [2.75, 3.05) is 13.7 Å². The van der Waals surface area contributed by atoms with E-state index in [2.05, 4.69) is 22.4 Å². The van der Waals surface area contributed by atoms with E-state index in [4.69, 9.17) is 9.47 Å². The Balaban J connectivity index is 1.47. The molecule has 36 heavy (non-hydrogen) atoms. The van der Waals surface area contributed by atoms with E-state index in [0.717, 1.165) is 34.4 Å². The molecule has 8 nitrogen and oxygen atoms in total. The molecule has 1 N–H and O–H groups in total. The SMILES string of the molecule is CCCCOc1ccc(C=NNC(=O)Cn2cnc3sc(C)c(-c4ccccc4)c3c2=O)cc1OC. The Kier molecular flexibility index (Phi) is 8.12. The first-order chi connectivity index (χ1) is 17.5. The summed E-state index contributed by atoms with van der Waals surface area (Å²) in [6.07, 6.45) is 4.92. The molecule has 4 rings (SSSR count). The lowest BCUT2D eigenvalue weighted by Gasteiger charge is -2.10. The lowest BCUT2D eigenvalue weighted by Crippen LogP contribution is -2.30. The van der Waals surface area contributed by atoms with E-state index in [-0.39, 0.29) is 12.1 Å². The van der Waals surface area contributed by atoms with Gasteiger partial charge in [0.15, 0.2) is 11.5 Å². The second-order valence-electron chi connectivity index (χ2n) is 8.16. The number of hydrazone groups is 1. The van der Waals surface area contributed by atoms with Gasteiger partial charge in [-0.2, -0.15) is 5.10 Å². The van der Waals surface area contributed by atoms with Crippen LogP contribution in [0.4, 0.5) is 0 Å². The normalized spacial score (nSPS) is 11.2. The van der Waals surface area contributed by atoms with E-state index in [9.17, 15) is 9.59 Å². The third-order valence-electron chi connectivity index (χ3n) is 5.58. The first kappa shape index (κ1) is 25.1. The smallest absolute Gasteiger partial charge is 0.263 e. The summed E-state index contributed by atoms with van der Waals surface area (Å²) in [5.74, 6) is 0.815. The molecule has 0 fully saturated rings. The standard InChI is InChI=1S/C27H28N4O4S/c1-4-5-13-35-21-12-11-19(14-22(21)34-3)15-29-30-23(32)16-31-17-28-26-25(27(31)33)24(18(2)36-26)20-9-7-6-8-10-20/h6-12,14-15,17H,4-5,13,16H2,1-3H3,(H,30,32). The molecular weight excluding hydrogens is 476 g/mol. The van der Waals surface area contributed by atoms with Crippen molar-refractivity contribution in [2.45, 2.75) is 33.2 Å². The number of rotatable bonds is 10. The second-order valence-corrected chi connectivity index (χ2v) is 9.37. The number of benzene rings is 2. The number of fused-ring (bicyclic) bond motifs is 1. The van der Waals surface area contributed by atoms with Gasteiger partial charge in [-0.05, 0) is 42.7 Å². The van der Waals surface area contributed by atoms with Gasteiger partial charge in [-0.3, -0.25) is 14.2 Å². The Morgan fingerprint density at radius 1 is 1.19 bits per heavy atom. The van der Waals surface area contributed by atoms with Crippen LogP contribution in [0.1, 0.15) is 30.2 Å². The van der Waals surface area contributed by atoms with Crippen LogP contribution < -0.4 is 20.5 Å². The van der Waals surface area contributed by atoms with E-state index in [1.807, 2.05) is 49.4 Å². The zero-order chi connectivity index (χ0) is 25.5. The summed E-state index contributed by atoms with van der Waals surface area (Å²) in [5, 5.41) is 4.55. The van der Waals surface area contributed by atoms with Gasteiger partial charge in [0.25, 0.3) is 11.5 Å². The minimum atomic E-state index is -0.436. The molecule has 0 radical (unpaired) electrons. The van der Waals surface area contributed by atoms with Gasteiger partial charge in [-0.1, -0.05) is 43.7 Å². The average Bonchev–Trinajstić information content (AvgIpc) is 3.23. The molecule has 0 spiro atoms. The van der Waals surface area contributed by atoms with E-state index in [1.54, 1.807) is 13.2 Å². The zero-order valence-corrected chi connectivity index (χ0v) is 21.3. The Morgan fingerprint density at radius 2 is 2.00 bits per heavy atom. The van der Waals surface area contributed by atoms with Gasteiger partial charge in [0.05, 0.1) is 31.6 Å². The summed E-state index contributed by atoms with van der Waals surface area (Å²) < 4.78 is 12.4. The molecule has 0 atom stereocenters. The fourth-order valence-electron chi connectivity index (χ4n) is 3.78. The number of nitrogens with zero attached hydrogens (tertiary/aromatic N) is 3. The van der Waals surface area contributed by atoms with Gasteiger partial charge < -0.3 is 9.47 Å². The van der Waals surface area contributed by atoms with Gasteiger partial charge in [-0.15, -0.1) is 11.3 Å². The highest BCUT2D eigenvalue weighted by Crippen LogP contribution is 2.35. The highest BCUT2D eigenvalue weighted by Gasteiger charge is 2.17. The van der Waals surface area contributed by atoms with Crippen molar-refractivity contribution < 1.29 is 14.3 Å². The summed E-state index contributed by atoms with van der Waals surface area (Å²) in [5.41, 5.74) is 4.75. The van der Waals surface area contributed by atoms with Gasteiger partial charge >= 0.3 is 0 Å². The van der Waals surface area contributed by atoms with Gasteiger partial charge in [0.1, 0.15) is 11.4 Å². The molecule has 9 heteroatoms. The predicted molar refractivity (Wildman–Crippen MR) is 143 cm³/mol. The molecule has 4 aromatic rings. The minimum Gasteiger partial charge on any atom is -0.493 e. The van der Waals surface area contributed by atoms with Gasteiger partial charge in [0, 0.05) is 10.4 Å². The number of unbranched alkanes of at least 4 members (excludes halogenated alkanes) is 1. The van der Waals surface area contributed by atoms with Crippen LogP contribution in [-0.4, -0.2) is 35.4 Å². The zero-order valence-electron chi connectivity index (χ0n) is 20.5. The molecule has 0 aliphatic carbocycles. The van der Waals surface area contributed by atoms with Crippen LogP contribution in [0.15, 0.2) is 64.8 Å². The van der Waals surface area contributed by atoms with Crippen molar-refractivity contribution >= 4 is 33.7 Å². The summed E-state index contributed by atoms with van der Waals surface area (Å²) >= 11 is 1.47. The highest BCUT2D eigenvalue weighted by molar-refractivity contribution is 7.19. The molecule has 0 aliphatic rings. The molecule has 0 unspecified atom stereocenters. The van der Waals surface area contributed by atoms with Gasteiger partial charge in [0.2, 0.25) is 0 Å². The average molecular weight is 505 g/mol. The van der Waals surface area contributed by atoms with Crippen molar-refractivity contribution in [3.63, 3.8) is 0 Å². The lowest BCUT2D eigenvalue weighted by molar-refractivity contribution is -0.121. The Morgan fingerprint density at radius 3 is 2.75 bits per heavy atom. The maximum atomic E-state index is 13.2. The number of nitrogens with one attached hydrogen (secondary N) is 1. The number of hydrogen-bond donors (Lipinski definition) is 1. The van der Waals surface area contributed by atoms with Crippen LogP contribution in [0, 0.1) is 6.92 Å². The summed E-state index contributed by atoms with van der Waals surface area (Å²) in [6.45, 7) is 4.49. The van der Waals surface area contributed by atoms with Crippen LogP contribution in [0.2, 0.25) is 0 Å². The monoisotopic (exact) mass is 504 g/mol. The highest BCUT2D eigenvalue weighted by atomic mass is 32.1. The first-order valence-corrected chi connectivity index (χ1v) is 12.5. The van der Waals surface area contributed by atoms with E-state index >= 15 is 0 Å². The van der Waals surface area contributed by atoms with E-state index in [0.29, 0.717) is 28.3 Å². The summed E-state index contributed by atoms with van der Waals surface area (Å²) in [6, 6.07) is 15.1. The molecule has 2 heterocycles. The quantitative estimate of drug-likeness (QED) is 0.191. The van der Waals surface area contributed by atoms with Gasteiger partial charge in [-0.25, -0.2) is 10.4 Å². The lowest BCUT2D eigenvalue weighted by atomic mass is 10.0. The van der Waals surface area contributed by atoms with Crippen LogP contribution >= 0.6 is 11.3 Å². The third kappa shape index (κ3) is 5.63. The molecule has 0 bridgehead atoms. The van der Waals surface area contributed by atoms with Crippen molar-refractivity contribution in [2.24, 2.45) is 5.10 Å². The molecule has 0 saturated heterocycles. The minimum absolute atomic E-state index is 0.199. The molecule has 2 aromatic carbocycles. The molecule has 0 saturated carbocycles. The second kappa shape index (κ2) is 11.6. The van der Waals surface area contributed by atoms with E-state index in [1.165, 1.54) is 28.4 Å². The van der Waals surface area contributed by atoms with Crippen LogP contribution in [0.5, 0.6) is 11.5 Å². The van der Waals surface area contributed by atoms with Crippen molar-refractivity contribution in [3.8, 4) is 22.6 Å². The van der Waals surface area contributed by atoms with Crippen molar-refractivity contribution in [1.82, 2.24) is 15.0 Å². The Hall–Kier alpha value is -3.98. The summed E-state index contributed by atoms with van der Waals surface area (Å²) in [7, 11) is 1.57. The number of methoxy groups -OCH3 is 1. The fraction of sp³-hybridized carbons (Fsp3) is 0.259. The van der Waals surface area contributed by atoms with Crippen LogP contribution in [-0.2, 0) is 11.3 Å². The topological polar surface area (TPSA) is 94.8 Å². The largest absolute Gasteiger partial charge is 0.493 e. The first-order valence-electron chi connectivity index (χ1n) is 11.7. The maximum absolute atomic E-state index is 13.2. The molecule has 0 aliphatic heterocycles. The van der Waals surface area contributed by atoms with Crippen LogP contribution in [0.25, 0.3) is 21.3 Å². The number of amides is 1. The van der Waals surface area contributed by atoms with Crippen molar-refractivity contribution in [3.05, 3.63) is 75.7 Å². The number of thiophene rings is 1. The molecular formula is C27H28N4O4S. The molecule has 186 valence electrons. The number of aryl methyl sites for hydroxylation is 1. The summed E-state index contributed by atoms with van der Waals surface area (Å²) in [4.78, 5) is 31.8. The number of carbonyl (C=O) groups is 1. The number of carbonyl (C=O) groups excluding carboxylic acids is 1. The van der Waals surface area contributed by atoms with E-state index < -0.39 is 5.91 Å². The Bertz CT molecular complexity index is 1440. The predicted octanol–water partition coefficient (Wildman–Crippen LogP) is 4.77. The number of hydrogen-bond acceptors (Lipinski definition) is 7. The molecule has 1 amide bonds. The van der Waals surface area contributed by atoms with Crippen molar-refractivity contribution in [1.29, 1.82) is 0 Å². The number of ether oxygens (including phenoxy) is 2. The fourth-order valence-corrected chi connectivity index (χ4v) is 4.78.